The van der Waals surface area contributed by atoms with Crippen LogP contribution in [-0.2, 0) is 6.42 Å². The van der Waals surface area contributed by atoms with E-state index in [1.54, 1.807) is 0 Å². The van der Waals surface area contributed by atoms with Gasteiger partial charge in [0.25, 0.3) is 5.91 Å². The molecular weight excluding hydrogens is 392 g/mol. The van der Waals surface area contributed by atoms with Crippen LogP contribution >= 0.6 is 34.2 Å². The first-order valence-electron chi connectivity index (χ1n) is 6.04. The second kappa shape index (κ2) is 7.04. The van der Waals surface area contributed by atoms with Gasteiger partial charge in [0.1, 0.15) is 5.82 Å². The van der Waals surface area contributed by atoms with Gasteiger partial charge in [0.2, 0.25) is 0 Å². The average molecular weight is 404 g/mol. The number of carbonyl (C=O) groups excluding carboxylic acids is 1. The largest absolute Gasteiger partial charge is 0.352 e. The fourth-order valence-electron chi connectivity index (χ4n) is 1.76. The standard InChI is InChI=1S/C15H12ClFINO/c16-12-9-13(17)14(18)8-11(12)15(20)19-7-6-10-4-2-1-3-5-10/h1-5,8-9H,6-7H2,(H,19,20). The van der Waals surface area contributed by atoms with Gasteiger partial charge in [-0.1, -0.05) is 41.9 Å². The van der Waals surface area contributed by atoms with Crippen LogP contribution < -0.4 is 5.32 Å². The molecule has 0 aliphatic carbocycles. The van der Waals surface area contributed by atoms with Crippen LogP contribution in [0.4, 0.5) is 4.39 Å². The van der Waals surface area contributed by atoms with E-state index >= 15 is 0 Å². The van der Waals surface area contributed by atoms with E-state index in [1.165, 1.54) is 6.07 Å². The number of halogens is 3. The lowest BCUT2D eigenvalue weighted by molar-refractivity contribution is 0.0954. The Morgan fingerprint density at radius 1 is 1.25 bits per heavy atom. The van der Waals surface area contributed by atoms with Gasteiger partial charge in [-0.3, -0.25) is 4.79 Å². The third-order valence-electron chi connectivity index (χ3n) is 2.80. The van der Waals surface area contributed by atoms with Crippen molar-refractivity contribution < 1.29 is 9.18 Å². The molecule has 0 bridgehead atoms. The minimum atomic E-state index is -0.420. The number of hydrogen-bond acceptors (Lipinski definition) is 1. The molecule has 1 amide bonds. The summed E-state index contributed by atoms with van der Waals surface area (Å²) < 4.78 is 13.6. The molecule has 0 saturated carbocycles. The molecule has 0 aliphatic rings. The normalized spacial score (nSPS) is 10.3. The number of benzene rings is 2. The van der Waals surface area contributed by atoms with Crippen molar-refractivity contribution in [1.29, 1.82) is 0 Å². The summed E-state index contributed by atoms with van der Waals surface area (Å²) in [6, 6.07) is 12.5. The highest BCUT2D eigenvalue weighted by Gasteiger charge is 2.13. The Balaban J connectivity index is 1.97. The summed E-state index contributed by atoms with van der Waals surface area (Å²) in [5.74, 6) is -0.708. The highest BCUT2D eigenvalue weighted by molar-refractivity contribution is 14.1. The second-order valence-electron chi connectivity index (χ2n) is 4.24. The van der Waals surface area contributed by atoms with Crippen molar-refractivity contribution in [3.05, 3.63) is 68.0 Å². The molecule has 0 aromatic heterocycles. The fourth-order valence-corrected chi connectivity index (χ4v) is 2.46. The lowest BCUT2D eigenvalue weighted by atomic mass is 10.1. The van der Waals surface area contributed by atoms with Crippen LogP contribution in [0.1, 0.15) is 15.9 Å². The number of hydrogen-bond donors (Lipinski definition) is 1. The van der Waals surface area contributed by atoms with Crippen LogP contribution in [0, 0.1) is 9.39 Å². The Morgan fingerprint density at radius 2 is 1.95 bits per heavy atom. The predicted octanol–water partition coefficient (Wildman–Crippen LogP) is 4.06. The van der Waals surface area contributed by atoms with Crippen molar-refractivity contribution in [3.63, 3.8) is 0 Å². The van der Waals surface area contributed by atoms with E-state index < -0.39 is 5.82 Å². The SMILES string of the molecule is O=C(NCCc1ccccc1)c1cc(I)c(F)cc1Cl. The van der Waals surface area contributed by atoms with E-state index in [4.69, 9.17) is 11.6 Å². The van der Waals surface area contributed by atoms with E-state index in [0.29, 0.717) is 15.7 Å². The number of carbonyl (C=O) groups is 1. The van der Waals surface area contributed by atoms with Gasteiger partial charge in [-0.25, -0.2) is 4.39 Å². The molecule has 104 valence electrons. The summed E-state index contributed by atoms with van der Waals surface area (Å²) in [5, 5.41) is 2.91. The van der Waals surface area contributed by atoms with Crippen LogP contribution in [0.25, 0.3) is 0 Å². The lowest BCUT2D eigenvalue weighted by Crippen LogP contribution is -2.26. The summed E-state index contributed by atoms with van der Waals surface area (Å²) in [4.78, 5) is 12.0. The zero-order valence-electron chi connectivity index (χ0n) is 10.5. The van der Waals surface area contributed by atoms with Gasteiger partial charge in [-0.05, 0) is 46.7 Å². The molecule has 2 nitrogen and oxygen atoms in total. The van der Waals surface area contributed by atoms with Gasteiger partial charge < -0.3 is 5.32 Å². The highest BCUT2D eigenvalue weighted by Crippen LogP contribution is 2.21. The monoisotopic (exact) mass is 403 g/mol. The molecule has 0 atom stereocenters. The van der Waals surface area contributed by atoms with Crippen molar-refractivity contribution in [2.24, 2.45) is 0 Å². The molecule has 2 aromatic carbocycles. The molecule has 0 heterocycles. The zero-order valence-corrected chi connectivity index (χ0v) is 13.4. The molecule has 0 spiro atoms. The Hall–Kier alpha value is -1.14. The van der Waals surface area contributed by atoms with Gasteiger partial charge in [-0.15, -0.1) is 0 Å². The Bertz CT molecular complexity index is 619. The summed E-state index contributed by atoms with van der Waals surface area (Å²) in [6.07, 6.45) is 0.739. The molecule has 0 fully saturated rings. The Labute approximate surface area is 135 Å². The molecule has 5 heteroatoms. The molecule has 0 saturated heterocycles. The van der Waals surface area contributed by atoms with Crippen LogP contribution in [0.3, 0.4) is 0 Å². The van der Waals surface area contributed by atoms with Crippen LogP contribution in [-0.4, -0.2) is 12.5 Å². The lowest BCUT2D eigenvalue weighted by Gasteiger charge is -2.08. The van der Waals surface area contributed by atoms with Crippen LogP contribution in [0.2, 0.25) is 5.02 Å². The van der Waals surface area contributed by atoms with Gasteiger partial charge in [0, 0.05) is 10.1 Å². The maximum atomic E-state index is 13.3. The third kappa shape index (κ3) is 3.93. The first-order chi connectivity index (χ1) is 9.58. The highest BCUT2D eigenvalue weighted by atomic mass is 127. The molecule has 0 radical (unpaired) electrons. The van der Waals surface area contributed by atoms with E-state index in [9.17, 15) is 9.18 Å². The topological polar surface area (TPSA) is 29.1 Å². The van der Waals surface area contributed by atoms with E-state index in [1.807, 2.05) is 52.9 Å². The number of rotatable bonds is 4. The number of amides is 1. The van der Waals surface area contributed by atoms with E-state index in [0.717, 1.165) is 18.1 Å². The minimum Gasteiger partial charge on any atom is -0.352 e. The van der Waals surface area contributed by atoms with E-state index in [-0.39, 0.29) is 10.9 Å². The van der Waals surface area contributed by atoms with Crippen LogP contribution in [0.15, 0.2) is 42.5 Å². The molecule has 2 aromatic rings. The second-order valence-corrected chi connectivity index (χ2v) is 5.81. The van der Waals surface area contributed by atoms with Crippen molar-refractivity contribution in [2.75, 3.05) is 6.54 Å². The van der Waals surface area contributed by atoms with Gasteiger partial charge in [0.15, 0.2) is 0 Å². The maximum absolute atomic E-state index is 13.3. The van der Waals surface area contributed by atoms with Crippen molar-refractivity contribution in [3.8, 4) is 0 Å². The smallest absolute Gasteiger partial charge is 0.252 e. The fraction of sp³-hybridized carbons (Fsp3) is 0.133. The zero-order chi connectivity index (χ0) is 14.5. The summed E-state index contributed by atoms with van der Waals surface area (Å²) in [5.41, 5.74) is 1.44. The van der Waals surface area contributed by atoms with Crippen molar-refractivity contribution in [1.82, 2.24) is 5.32 Å². The first kappa shape index (κ1) is 15.3. The Morgan fingerprint density at radius 3 is 2.65 bits per heavy atom. The predicted molar refractivity (Wildman–Crippen MR) is 86.6 cm³/mol. The van der Waals surface area contributed by atoms with Gasteiger partial charge in [0.05, 0.1) is 10.6 Å². The number of nitrogens with one attached hydrogen (secondary N) is 1. The van der Waals surface area contributed by atoms with E-state index in [2.05, 4.69) is 5.32 Å². The molecule has 1 N–H and O–H groups in total. The summed E-state index contributed by atoms with van der Waals surface area (Å²) >= 11 is 7.72. The Kier molecular flexibility index (Phi) is 5.37. The molecular formula is C15H12ClFINO. The van der Waals surface area contributed by atoms with Crippen LogP contribution in [0.5, 0.6) is 0 Å². The third-order valence-corrected chi connectivity index (χ3v) is 3.94. The van der Waals surface area contributed by atoms with Gasteiger partial charge >= 0.3 is 0 Å². The minimum absolute atomic E-state index is 0.125. The molecule has 0 aliphatic heterocycles. The quantitative estimate of drug-likeness (QED) is 0.605. The van der Waals surface area contributed by atoms with Crippen molar-refractivity contribution in [2.45, 2.75) is 6.42 Å². The summed E-state index contributed by atoms with van der Waals surface area (Å²) in [6.45, 7) is 0.507. The maximum Gasteiger partial charge on any atom is 0.252 e. The molecule has 2 rings (SSSR count). The molecule has 0 unspecified atom stereocenters. The molecule has 20 heavy (non-hydrogen) atoms. The first-order valence-corrected chi connectivity index (χ1v) is 7.50. The van der Waals surface area contributed by atoms with Crippen molar-refractivity contribution >= 4 is 40.1 Å². The summed E-state index contributed by atoms with van der Waals surface area (Å²) in [7, 11) is 0. The average Bonchev–Trinajstić information content (AvgIpc) is 2.44. The van der Waals surface area contributed by atoms with Gasteiger partial charge in [-0.2, -0.15) is 0 Å².